The highest BCUT2D eigenvalue weighted by Crippen LogP contribution is 2.25. The lowest BCUT2D eigenvalue weighted by atomic mass is 9.93. The Bertz CT molecular complexity index is 598. The van der Waals surface area contributed by atoms with E-state index in [9.17, 15) is 0 Å². The summed E-state index contributed by atoms with van der Waals surface area (Å²) >= 11 is 0. The highest BCUT2D eigenvalue weighted by Gasteiger charge is 2.08. The van der Waals surface area contributed by atoms with Crippen molar-refractivity contribution in [1.82, 2.24) is 0 Å². The Morgan fingerprint density at radius 2 is 2.11 bits per heavy atom. The Balaban J connectivity index is 2.32. The average molecular weight is 249 g/mol. The summed E-state index contributed by atoms with van der Waals surface area (Å²) in [5, 5.41) is 0. The van der Waals surface area contributed by atoms with Gasteiger partial charge in [0.15, 0.2) is 0 Å². The van der Waals surface area contributed by atoms with Crippen molar-refractivity contribution in [2.75, 3.05) is 0 Å². The lowest BCUT2D eigenvalue weighted by Crippen LogP contribution is -2.00. The van der Waals surface area contributed by atoms with Crippen molar-refractivity contribution in [1.29, 1.82) is 0 Å². The number of hydrogen-bond acceptors (Lipinski definition) is 1. The molecule has 0 radical (unpaired) electrons. The van der Waals surface area contributed by atoms with Crippen LogP contribution in [-0.4, -0.2) is 5.71 Å². The normalized spacial score (nSPS) is 16.9. The van der Waals surface area contributed by atoms with E-state index in [-0.39, 0.29) is 0 Å². The van der Waals surface area contributed by atoms with Gasteiger partial charge in [-0.25, -0.2) is 0 Å². The molecule has 0 saturated carbocycles. The van der Waals surface area contributed by atoms with Gasteiger partial charge in [-0.05, 0) is 48.3 Å². The number of aryl methyl sites for hydroxylation is 1. The summed E-state index contributed by atoms with van der Waals surface area (Å²) in [6.07, 6.45) is 12.8. The van der Waals surface area contributed by atoms with Gasteiger partial charge in [-0.3, -0.25) is 4.99 Å². The lowest BCUT2D eigenvalue weighted by Gasteiger charge is -2.12. The fourth-order valence-electron chi connectivity index (χ4n) is 2.16. The van der Waals surface area contributed by atoms with Crippen LogP contribution in [0.3, 0.4) is 0 Å². The molecule has 0 fully saturated rings. The van der Waals surface area contributed by atoms with Crippen molar-refractivity contribution < 1.29 is 0 Å². The zero-order valence-corrected chi connectivity index (χ0v) is 11.6. The Hall–Kier alpha value is -2.15. The van der Waals surface area contributed by atoms with Crippen LogP contribution in [0, 0.1) is 6.92 Å². The van der Waals surface area contributed by atoms with Gasteiger partial charge in [-0.2, -0.15) is 0 Å². The molecule has 0 spiro atoms. The molecule has 1 aromatic carbocycles. The zero-order chi connectivity index (χ0) is 13.7. The Labute approximate surface area is 115 Å². The van der Waals surface area contributed by atoms with Crippen LogP contribution in [0.5, 0.6) is 0 Å². The number of hydrogen-bond donors (Lipinski definition) is 0. The molecule has 0 N–H and O–H groups in total. The monoisotopic (exact) mass is 249 g/mol. The second kappa shape index (κ2) is 6.14. The van der Waals surface area contributed by atoms with Crippen molar-refractivity contribution in [3.05, 3.63) is 72.0 Å². The molecule has 0 heterocycles. The van der Waals surface area contributed by atoms with Crippen molar-refractivity contribution in [2.24, 2.45) is 4.99 Å². The quantitative estimate of drug-likeness (QED) is 0.718. The zero-order valence-electron chi connectivity index (χ0n) is 11.6. The highest BCUT2D eigenvalue weighted by molar-refractivity contribution is 6.04. The van der Waals surface area contributed by atoms with E-state index >= 15 is 0 Å². The number of aliphatic imine (C=N–C) groups is 1. The molecule has 0 atom stereocenters. The van der Waals surface area contributed by atoms with Gasteiger partial charge >= 0.3 is 0 Å². The molecule has 1 aliphatic rings. The van der Waals surface area contributed by atoms with E-state index in [1.54, 1.807) is 0 Å². The Kier molecular flexibility index (Phi) is 4.30. The van der Waals surface area contributed by atoms with Crippen molar-refractivity contribution >= 4 is 17.4 Å². The number of rotatable bonds is 3. The van der Waals surface area contributed by atoms with Crippen molar-refractivity contribution in [3.63, 3.8) is 0 Å². The maximum absolute atomic E-state index is 4.43. The minimum Gasteiger partial charge on any atom is -0.261 e. The summed E-state index contributed by atoms with van der Waals surface area (Å²) in [5.74, 6) is 0. The van der Waals surface area contributed by atoms with Crippen LogP contribution >= 0.6 is 0 Å². The Morgan fingerprint density at radius 1 is 1.26 bits per heavy atom. The molecule has 0 aromatic heterocycles. The van der Waals surface area contributed by atoms with Gasteiger partial charge in [0.1, 0.15) is 0 Å². The average Bonchev–Trinajstić information content (AvgIpc) is 2.44. The van der Waals surface area contributed by atoms with Gasteiger partial charge in [0.25, 0.3) is 0 Å². The standard InChI is InChI=1S/C18H19N/c1-4-9-19-18-8-6-7-16(13-18)17-11-14(3)10-15(5-2)12-17/h4-12H,2,13H2,1,3H3/b9-4-,19-18-. The smallest absolute Gasteiger partial charge is 0.0447 e. The largest absolute Gasteiger partial charge is 0.261 e. The molecule has 0 bridgehead atoms. The number of nitrogens with zero attached hydrogens (tertiary/aromatic N) is 1. The SMILES string of the molecule is C=Cc1cc(C)cc(C2=CC=C/C(=N/C=C\C)C2)c1. The molecule has 0 saturated heterocycles. The van der Waals surface area contributed by atoms with Gasteiger partial charge in [-0.1, -0.05) is 43.0 Å². The minimum atomic E-state index is 0.876. The van der Waals surface area contributed by atoms with Crippen molar-refractivity contribution in [2.45, 2.75) is 20.3 Å². The second-order valence-corrected chi connectivity index (χ2v) is 4.67. The molecular weight excluding hydrogens is 230 g/mol. The van der Waals surface area contributed by atoms with Gasteiger partial charge in [-0.15, -0.1) is 0 Å². The number of benzene rings is 1. The third-order valence-electron chi connectivity index (χ3n) is 3.05. The highest BCUT2D eigenvalue weighted by atomic mass is 14.7. The summed E-state index contributed by atoms with van der Waals surface area (Å²) in [5.41, 5.74) is 6.08. The maximum Gasteiger partial charge on any atom is 0.0447 e. The first-order valence-electron chi connectivity index (χ1n) is 6.52. The van der Waals surface area contributed by atoms with Crippen LogP contribution in [0.4, 0.5) is 0 Å². The van der Waals surface area contributed by atoms with E-state index in [2.05, 4.69) is 54.9 Å². The van der Waals surface area contributed by atoms with E-state index in [4.69, 9.17) is 0 Å². The first kappa shape index (κ1) is 13.3. The fourth-order valence-corrected chi connectivity index (χ4v) is 2.16. The summed E-state index contributed by atoms with van der Waals surface area (Å²) in [6, 6.07) is 6.54. The minimum absolute atomic E-state index is 0.876. The summed E-state index contributed by atoms with van der Waals surface area (Å²) < 4.78 is 0. The van der Waals surface area contributed by atoms with Gasteiger partial charge in [0.05, 0.1) is 0 Å². The van der Waals surface area contributed by atoms with E-state index in [1.807, 2.05) is 25.3 Å². The van der Waals surface area contributed by atoms with Crippen LogP contribution in [0.25, 0.3) is 11.6 Å². The van der Waals surface area contributed by atoms with Crippen LogP contribution in [0.2, 0.25) is 0 Å². The molecule has 1 aliphatic carbocycles. The third-order valence-corrected chi connectivity index (χ3v) is 3.05. The molecule has 2 rings (SSSR count). The number of allylic oxidation sites excluding steroid dienone is 5. The molecular formula is C18H19N. The molecule has 0 aliphatic heterocycles. The molecule has 1 heteroatoms. The van der Waals surface area contributed by atoms with E-state index < -0.39 is 0 Å². The molecule has 96 valence electrons. The molecule has 1 nitrogen and oxygen atoms in total. The second-order valence-electron chi connectivity index (χ2n) is 4.67. The van der Waals surface area contributed by atoms with Crippen LogP contribution in [0.15, 0.2) is 60.3 Å². The summed E-state index contributed by atoms with van der Waals surface area (Å²) in [6.45, 7) is 7.94. The predicted molar refractivity (Wildman–Crippen MR) is 85.3 cm³/mol. The maximum atomic E-state index is 4.43. The van der Waals surface area contributed by atoms with Crippen LogP contribution in [0.1, 0.15) is 30.0 Å². The summed E-state index contributed by atoms with van der Waals surface area (Å²) in [4.78, 5) is 4.43. The molecule has 0 amide bonds. The molecule has 19 heavy (non-hydrogen) atoms. The molecule has 1 aromatic rings. The third kappa shape index (κ3) is 3.41. The first-order chi connectivity index (χ1) is 9.22. The molecule has 0 unspecified atom stereocenters. The van der Waals surface area contributed by atoms with Gasteiger partial charge in [0.2, 0.25) is 0 Å². The fraction of sp³-hybridized carbons (Fsp3) is 0.167. The van der Waals surface area contributed by atoms with Crippen molar-refractivity contribution in [3.8, 4) is 0 Å². The van der Waals surface area contributed by atoms with Crippen LogP contribution in [-0.2, 0) is 0 Å². The van der Waals surface area contributed by atoms with Gasteiger partial charge < -0.3 is 0 Å². The van der Waals surface area contributed by atoms with E-state index in [0.29, 0.717) is 0 Å². The Morgan fingerprint density at radius 3 is 2.84 bits per heavy atom. The van der Waals surface area contributed by atoms with Crippen LogP contribution < -0.4 is 0 Å². The predicted octanol–water partition coefficient (Wildman–Crippen LogP) is 4.96. The summed E-state index contributed by atoms with van der Waals surface area (Å²) in [7, 11) is 0. The lowest BCUT2D eigenvalue weighted by molar-refractivity contribution is 1.36. The topological polar surface area (TPSA) is 12.4 Å². The van der Waals surface area contributed by atoms with Gasteiger partial charge in [0, 0.05) is 18.3 Å². The first-order valence-corrected chi connectivity index (χ1v) is 6.52. The van der Waals surface area contributed by atoms with E-state index in [0.717, 1.165) is 17.7 Å². The van der Waals surface area contributed by atoms with E-state index in [1.165, 1.54) is 16.7 Å².